The van der Waals surface area contributed by atoms with E-state index in [0.29, 0.717) is 29.5 Å². The van der Waals surface area contributed by atoms with Crippen LogP contribution in [0.25, 0.3) is 21.8 Å². The molecule has 4 aromatic rings. The summed E-state index contributed by atoms with van der Waals surface area (Å²) in [4.78, 5) is 11.9. The van der Waals surface area contributed by atoms with Crippen LogP contribution in [0, 0.1) is 11.9 Å². The van der Waals surface area contributed by atoms with Gasteiger partial charge in [0.25, 0.3) is 0 Å². The molecule has 0 aliphatic rings. The molecule has 3 aromatic carbocycles. The molecule has 1 heterocycles. The Balaban J connectivity index is 1.95. The molecule has 0 fully saturated rings. The lowest BCUT2D eigenvalue weighted by molar-refractivity contribution is 0.100. The quantitative estimate of drug-likeness (QED) is 0.577. The lowest BCUT2D eigenvalue weighted by Crippen LogP contribution is -2.11. The first-order valence-corrected chi connectivity index (χ1v) is 8.72. The first-order chi connectivity index (χ1) is 13.1. The van der Waals surface area contributed by atoms with Crippen LogP contribution >= 0.6 is 0 Å². The standard InChI is InChI=1S/C22H18FN2O2/c1-2-27-16-6-3-5-14(11-16)13-25-19-10-9-15(23)12-18(19)21-17(22(24)26)7-4-8-20(21)25/h3-11H,2,13H2,1H3,(H2,24,26). The van der Waals surface area contributed by atoms with E-state index < -0.39 is 11.7 Å². The predicted molar refractivity (Wildman–Crippen MR) is 103 cm³/mol. The van der Waals surface area contributed by atoms with E-state index in [2.05, 4.69) is 6.07 Å². The van der Waals surface area contributed by atoms with Crippen molar-refractivity contribution in [1.82, 2.24) is 4.57 Å². The summed E-state index contributed by atoms with van der Waals surface area (Å²) in [5.41, 5.74) is 8.55. The van der Waals surface area contributed by atoms with Crippen LogP contribution in [0.5, 0.6) is 5.75 Å². The maximum atomic E-state index is 13.9. The molecule has 0 aliphatic heterocycles. The number of ether oxygens (including phenoxy) is 1. The molecule has 0 aliphatic carbocycles. The number of amides is 1. The van der Waals surface area contributed by atoms with Crippen molar-refractivity contribution in [2.24, 2.45) is 5.73 Å². The number of hydrogen-bond donors (Lipinski definition) is 1. The number of nitrogens with zero attached hydrogens (tertiary/aromatic N) is 1. The zero-order valence-corrected chi connectivity index (χ0v) is 14.8. The van der Waals surface area contributed by atoms with Gasteiger partial charge in [-0.05, 0) is 48.9 Å². The van der Waals surface area contributed by atoms with Crippen LogP contribution in [0.4, 0.5) is 4.39 Å². The molecular weight excluding hydrogens is 343 g/mol. The van der Waals surface area contributed by atoms with Crippen LogP contribution in [-0.2, 0) is 6.54 Å². The van der Waals surface area contributed by atoms with Gasteiger partial charge in [0.15, 0.2) is 0 Å². The number of carbonyl (C=O) groups is 1. The number of carbonyl (C=O) groups excluding carboxylic acids is 1. The van der Waals surface area contributed by atoms with Gasteiger partial charge in [-0.3, -0.25) is 4.79 Å². The van der Waals surface area contributed by atoms with Gasteiger partial charge in [0.2, 0.25) is 5.91 Å². The highest BCUT2D eigenvalue weighted by Crippen LogP contribution is 2.32. The van der Waals surface area contributed by atoms with E-state index in [9.17, 15) is 9.18 Å². The zero-order chi connectivity index (χ0) is 19.0. The van der Waals surface area contributed by atoms with Gasteiger partial charge in [0.1, 0.15) is 11.6 Å². The number of halogens is 1. The highest BCUT2D eigenvalue weighted by atomic mass is 19.1. The van der Waals surface area contributed by atoms with E-state index in [4.69, 9.17) is 10.5 Å². The van der Waals surface area contributed by atoms with Crippen molar-refractivity contribution >= 4 is 27.7 Å². The molecule has 27 heavy (non-hydrogen) atoms. The Kier molecular flexibility index (Phi) is 4.28. The Labute approximate surface area is 156 Å². The lowest BCUT2D eigenvalue weighted by Gasteiger charge is -2.10. The highest BCUT2D eigenvalue weighted by molar-refractivity contribution is 6.17. The van der Waals surface area contributed by atoms with E-state index >= 15 is 0 Å². The largest absolute Gasteiger partial charge is 0.494 e. The zero-order valence-electron chi connectivity index (χ0n) is 14.8. The normalized spacial score (nSPS) is 11.2. The Hall–Kier alpha value is -3.34. The fourth-order valence-corrected chi connectivity index (χ4v) is 3.49. The third-order valence-corrected chi connectivity index (χ3v) is 4.58. The van der Waals surface area contributed by atoms with Gasteiger partial charge in [-0.15, -0.1) is 0 Å². The van der Waals surface area contributed by atoms with Crippen LogP contribution in [0.15, 0.2) is 54.6 Å². The SMILES string of the molecule is CCOc1cccc(Cn2c3ccc(F)[c]c3c3c(C(N)=O)cccc32)c1. The van der Waals surface area contributed by atoms with Crippen molar-refractivity contribution in [2.45, 2.75) is 13.5 Å². The van der Waals surface area contributed by atoms with Crippen molar-refractivity contribution in [3.05, 3.63) is 77.6 Å². The number of rotatable bonds is 5. The van der Waals surface area contributed by atoms with Gasteiger partial charge < -0.3 is 15.0 Å². The number of fused-ring (bicyclic) bond motifs is 3. The third-order valence-electron chi connectivity index (χ3n) is 4.58. The predicted octanol–water partition coefficient (Wildman–Crippen LogP) is 4.28. The van der Waals surface area contributed by atoms with Crippen molar-refractivity contribution < 1.29 is 13.9 Å². The number of aromatic nitrogens is 1. The van der Waals surface area contributed by atoms with Gasteiger partial charge in [0.05, 0.1) is 17.6 Å². The minimum absolute atomic E-state index is 0.362. The highest BCUT2D eigenvalue weighted by Gasteiger charge is 2.17. The summed E-state index contributed by atoms with van der Waals surface area (Å²) in [5, 5.41) is 1.18. The second kappa shape index (κ2) is 6.76. The second-order valence-electron chi connectivity index (χ2n) is 6.30. The number of nitrogens with two attached hydrogens (primary N) is 1. The number of hydrogen-bond acceptors (Lipinski definition) is 2. The third kappa shape index (κ3) is 3.01. The van der Waals surface area contributed by atoms with E-state index in [0.717, 1.165) is 22.3 Å². The van der Waals surface area contributed by atoms with Crippen molar-refractivity contribution in [3.8, 4) is 5.75 Å². The van der Waals surface area contributed by atoms with Crippen molar-refractivity contribution in [3.63, 3.8) is 0 Å². The Morgan fingerprint density at radius 3 is 2.74 bits per heavy atom. The number of benzene rings is 3. The molecule has 0 saturated carbocycles. The van der Waals surface area contributed by atoms with Crippen LogP contribution < -0.4 is 10.5 Å². The van der Waals surface area contributed by atoms with Gasteiger partial charge in [0, 0.05) is 28.9 Å². The Morgan fingerprint density at radius 1 is 1.15 bits per heavy atom. The summed E-state index contributed by atoms with van der Waals surface area (Å²) in [6.07, 6.45) is 0. The van der Waals surface area contributed by atoms with E-state index in [1.165, 1.54) is 6.07 Å². The maximum Gasteiger partial charge on any atom is 0.249 e. The Morgan fingerprint density at radius 2 is 1.96 bits per heavy atom. The fourth-order valence-electron chi connectivity index (χ4n) is 3.49. The summed E-state index contributed by atoms with van der Waals surface area (Å²) in [5.74, 6) is -0.221. The monoisotopic (exact) mass is 361 g/mol. The van der Waals surface area contributed by atoms with Gasteiger partial charge in [-0.2, -0.15) is 0 Å². The van der Waals surface area contributed by atoms with Crippen LogP contribution in [0.2, 0.25) is 0 Å². The molecule has 4 rings (SSSR count). The molecular formula is C22H18FN2O2. The molecule has 2 N–H and O–H groups in total. The second-order valence-corrected chi connectivity index (χ2v) is 6.30. The molecule has 1 radical (unpaired) electrons. The number of primary amides is 1. The average molecular weight is 361 g/mol. The Bertz CT molecular complexity index is 1160. The minimum atomic E-state index is -0.546. The van der Waals surface area contributed by atoms with Crippen molar-refractivity contribution in [1.29, 1.82) is 0 Å². The van der Waals surface area contributed by atoms with Crippen LogP contribution in [-0.4, -0.2) is 17.1 Å². The van der Waals surface area contributed by atoms with Gasteiger partial charge >= 0.3 is 0 Å². The van der Waals surface area contributed by atoms with E-state index in [1.54, 1.807) is 18.2 Å². The molecule has 0 atom stereocenters. The molecule has 0 spiro atoms. The molecule has 1 amide bonds. The summed E-state index contributed by atoms with van der Waals surface area (Å²) < 4.78 is 21.5. The molecule has 5 heteroatoms. The minimum Gasteiger partial charge on any atom is -0.494 e. The summed E-state index contributed by atoms with van der Waals surface area (Å²) in [7, 11) is 0. The summed E-state index contributed by atoms with van der Waals surface area (Å²) in [6.45, 7) is 3.08. The van der Waals surface area contributed by atoms with Gasteiger partial charge in [-0.1, -0.05) is 18.2 Å². The first kappa shape index (κ1) is 17.1. The summed E-state index contributed by atoms with van der Waals surface area (Å²) in [6, 6.07) is 19.0. The molecule has 0 unspecified atom stereocenters. The van der Waals surface area contributed by atoms with E-state index in [1.807, 2.05) is 41.8 Å². The molecule has 1 aromatic heterocycles. The van der Waals surface area contributed by atoms with Crippen LogP contribution in [0.3, 0.4) is 0 Å². The average Bonchev–Trinajstić information content (AvgIpc) is 2.95. The maximum absolute atomic E-state index is 13.9. The lowest BCUT2D eigenvalue weighted by atomic mass is 10.1. The molecule has 0 bridgehead atoms. The first-order valence-electron chi connectivity index (χ1n) is 8.72. The van der Waals surface area contributed by atoms with E-state index in [-0.39, 0.29) is 0 Å². The fraction of sp³-hybridized carbons (Fsp3) is 0.136. The molecule has 0 saturated heterocycles. The smallest absolute Gasteiger partial charge is 0.249 e. The van der Waals surface area contributed by atoms with Crippen LogP contribution in [0.1, 0.15) is 22.8 Å². The topological polar surface area (TPSA) is 57.2 Å². The molecule has 4 nitrogen and oxygen atoms in total. The van der Waals surface area contributed by atoms with Crippen molar-refractivity contribution in [2.75, 3.05) is 6.61 Å². The summed E-state index contributed by atoms with van der Waals surface area (Å²) >= 11 is 0. The molecule has 135 valence electrons. The van der Waals surface area contributed by atoms with Gasteiger partial charge in [-0.25, -0.2) is 4.39 Å².